The van der Waals surface area contributed by atoms with Crippen molar-refractivity contribution in [2.75, 3.05) is 20.3 Å². The second kappa shape index (κ2) is 8.92. The van der Waals surface area contributed by atoms with E-state index in [9.17, 15) is 0 Å². The second-order valence-corrected chi connectivity index (χ2v) is 5.24. The molecule has 4 nitrogen and oxygen atoms in total. The van der Waals surface area contributed by atoms with Crippen molar-refractivity contribution < 1.29 is 14.2 Å². The minimum absolute atomic E-state index is 0.457. The van der Waals surface area contributed by atoms with Gasteiger partial charge in [0.25, 0.3) is 0 Å². The first-order valence-corrected chi connectivity index (χ1v) is 7.70. The van der Waals surface area contributed by atoms with Crippen LogP contribution in [-0.4, -0.2) is 20.3 Å². The first kappa shape index (κ1) is 17.0. The summed E-state index contributed by atoms with van der Waals surface area (Å²) in [7, 11) is 1.63. The monoisotopic (exact) mass is 331 g/mol. The predicted octanol–water partition coefficient (Wildman–Crippen LogP) is 4.46. The van der Waals surface area contributed by atoms with Crippen LogP contribution in [0, 0.1) is 11.3 Å². The number of halogens is 1. The fraction of sp³-hybridized carbons (Fsp3) is 0.278. The molecule has 0 aliphatic carbocycles. The first-order valence-electron chi connectivity index (χ1n) is 7.32. The van der Waals surface area contributed by atoms with Crippen molar-refractivity contribution in [1.82, 2.24) is 0 Å². The number of benzene rings is 2. The topological polar surface area (TPSA) is 51.5 Å². The van der Waals surface area contributed by atoms with Crippen LogP contribution in [0.3, 0.4) is 0 Å². The molecule has 0 radical (unpaired) electrons. The molecule has 0 spiro atoms. The van der Waals surface area contributed by atoms with Crippen LogP contribution in [0.2, 0.25) is 5.02 Å². The van der Waals surface area contributed by atoms with Crippen LogP contribution in [0.15, 0.2) is 42.5 Å². The largest absolute Gasteiger partial charge is 0.497 e. The maximum atomic E-state index is 8.78. The molecular weight excluding hydrogens is 314 g/mol. The smallest absolute Gasteiger partial charge is 0.137 e. The SMILES string of the molecule is COc1ccc(OCCCCOc2ccc(C#N)cc2Cl)cc1. The van der Waals surface area contributed by atoms with Gasteiger partial charge >= 0.3 is 0 Å². The van der Waals surface area contributed by atoms with Crippen LogP contribution in [0.4, 0.5) is 0 Å². The lowest BCUT2D eigenvalue weighted by atomic mass is 10.2. The molecular formula is C18H18ClNO3. The Labute approximate surface area is 141 Å². The number of unbranched alkanes of at least 4 members (excludes halogenated alkanes) is 1. The summed E-state index contributed by atoms with van der Waals surface area (Å²) in [5.74, 6) is 2.23. The fourth-order valence-corrected chi connectivity index (χ4v) is 2.17. The molecule has 2 rings (SSSR count). The summed E-state index contributed by atoms with van der Waals surface area (Å²) in [5, 5.41) is 9.24. The van der Waals surface area contributed by atoms with Gasteiger partial charge in [-0.15, -0.1) is 0 Å². The van der Waals surface area contributed by atoms with Gasteiger partial charge in [-0.25, -0.2) is 0 Å². The maximum absolute atomic E-state index is 8.78. The van der Waals surface area contributed by atoms with Gasteiger partial charge in [-0.3, -0.25) is 0 Å². The zero-order chi connectivity index (χ0) is 16.5. The Bertz CT molecular complexity index is 665. The Balaban J connectivity index is 1.65. The third-order valence-corrected chi connectivity index (χ3v) is 3.48. The Hall–Kier alpha value is -2.38. The minimum atomic E-state index is 0.457. The van der Waals surface area contributed by atoms with E-state index in [4.69, 9.17) is 31.1 Å². The Morgan fingerprint density at radius 2 is 1.61 bits per heavy atom. The molecule has 0 fully saturated rings. The summed E-state index contributed by atoms with van der Waals surface area (Å²) in [4.78, 5) is 0. The molecule has 0 heterocycles. The third-order valence-electron chi connectivity index (χ3n) is 3.19. The fourth-order valence-electron chi connectivity index (χ4n) is 1.94. The molecule has 0 unspecified atom stereocenters. The van der Waals surface area contributed by atoms with Crippen molar-refractivity contribution in [3.05, 3.63) is 53.1 Å². The van der Waals surface area contributed by atoms with Gasteiger partial charge < -0.3 is 14.2 Å². The number of rotatable bonds is 8. The van der Waals surface area contributed by atoms with E-state index in [1.165, 1.54) is 0 Å². The van der Waals surface area contributed by atoms with E-state index < -0.39 is 0 Å². The summed E-state index contributed by atoms with van der Waals surface area (Å²) in [6.07, 6.45) is 1.73. The van der Waals surface area contributed by atoms with Crippen LogP contribution in [-0.2, 0) is 0 Å². The maximum Gasteiger partial charge on any atom is 0.137 e. The average molecular weight is 332 g/mol. The quantitative estimate of drug-likeness (QED) is 0.670. The van der Waals surface area contributed by atoms with E-state index in [-0.39, 0.29) is 0 Å². The van der Waals surface area contributed by atoms with Crippen LogP contribution >= 0.6 is 11.6 Å². The van der Waals surface area contributed by atoms with E-state index in [1.54, 1.807) is 25.3 Å². The summed E-state index contributed by atoms with van der Waals surface area (Å²) in [5.41, 5.74) is 0.523. The lowest BCUT2D eigenvalue weighted by molar-refractivity contribution is 0.266. The highest BCUT2D eigenvalue weighted by Crippen LogP contribution is 2.25. The van der Waals surface area contributed by atoms with E-state index in [0.29, 0.717) is 29.5 Å². The molecule has 0 aliphatic heterocycles. The van der Waals surface area contributed by atoms with Gasteiger partial charge in [-0.2, -0.15) is 5.26 Å². The molecule has 0 amide bonds. The Morgan fingerprint density at radius 3 is 2.22 bits per heavy atom. The lowest BCUT2D eigenvalue weighted by Gasteiger charge is -2.09. The van der Waals surface area contributed by atoms with Crippen molar-refractivity contribution >= 4 is 11.6 Å². The molecule has 0 saturated carbocycles. The van der Waals surface area contributed by atoms with E-state index in [2.05, 4.69) is 0 Å². The van der Waals surface area contributed by atoms with Crippen LogP contribution < -0.4 is 14.2 Å². The number of hydrogen-bond acceptors (Lipinski definition) is 4. The Kier molecular flexibility index (Phi) is 6.58. The summed E-state index contributed by atoms with van der Waals surface area (Å²) in [6.45, 7) is 1.17. The normalized spacial score (nSPS) is 9.96. The van der Waals surface area contributed by atoms with Gasteiger partial charge in [0.15, 0.2) is 0 Å². The molecule has 0 bridgehead atoms. The minimum Gasteiger partial charge on any atom is -0.497 e. The molecule has 0 atom stereocenters. The lowest BCUT2D eigenvalue weighted by Crippen LogP contribution is -2.03. The first-order chi connectivity index (χ1) is 11.2. The van der Waals surface area contributed by atoms with Gasteiger partial charge in [0.2, 0.25) is 0 Å². The predicted molar refractivity (Wildman–Crippen MR) is 89.4 cm³/mol. The van der Waals surface area contributed by atoms with E-state index >= 15 is 0 Å². The van der Waals surface area contributed by atoms with Crippen molar-refractivity contribution in [3.63, 3.8) is 0 Å². The van der Waals surface area contributed by atoms with Gasteiger partial charge in [-0.05, 0) is 55.3 Å². The summed E-state index contributed by atoms with van der Waals surface area (Å²) >= 11 is 6.04. The molecule has 23 heavy (non-hydrogen) atoms. The van der Waals surface area contributed by atoms with E-state index in [1.807, 2.05) is 30.3 Å². The molecule has 120 valence electrons. The highest BCUT2D eigenvalue weighted by atomic mass is 35.5. The van der Waals surface area contributed by atoms with Crippen LogP contribution in [0.25, 0.3) is 0 Å². The van der Waals surface area contributed by atoms with Gasteiger partial charge in [-0.1, -0.05) is 11.6 Å². The standard InChI is InChI=1S/C18H18ClNO3/c1-21-15-5-7-16(8-6-15)22-10-2-3-11-23-18-9-4-14(13-20)12-17(18)19/h4-9,12H,2-3,10-11H2,1H3. The second-order valence-electron chi connectivity index (χ2n) is 4.84. The number of hydrogen-bond donors (Lipinski definition) is 0. The average Bonchev–Trinajstić information content (AvgIpc) is 2.59. The number of nitriles is 1. The number of nitrogens with zero attached hydrogens (tertiary/aromatic N) is 1. The van der Waals surface area contributed by atoms with Crippen LogP contribution in [0.5, 0.6) is 17.2 Å². The molecule has 2 aromatic carbocycles. The third kappa shape index (κ3) is 5.39. The zero-order valence-electron chi connectivity index (χ0n) is 12.9. The van der Waals surface area contributed by atoms with Gasteiger partial charge in [0.05, 0.1) is 37.0 Å². The van der Waals surface area contributed by atoms with Gasteiger partial charge in [0, 0.05) is 0 Å². The van der Waals surface area contributed by atoms with Crippen molar-refractivity contribution in [1.29, 1.82) is 5.26 Å². The zero-order valence-corrected chi connectivity index (χ0v) is 13.7. The van der Waals surface area contributed by atoms with Crippen LogP contribution in [0.1, 0.15) is 18.4 Å². The molecule has 0 aromatic heterocycles. The highest BCUT2D eigenvalue weighted by Gasteiger charge is 2.03. The molecule has 2 aromatic rings. The van der Waals surface area contributed by atoms with Crippen molar-refractivity contribution in [2.45, 2.75) is 12.8 Å². The molecule has 0 N–H and O–H groups in total. The number of methoxy groups -OCH3 is 1. The van der Waals surface area contributed by atoms with Gasteiger partial charge in [0.1, 0.15) is 17.2 Å². The van der Waals surface area contributed by atoms with Crippen molar-refractivity contribution in [2.24, 2.45) is 0 Å². The molecule has 0 aliphatic rings. The highest BCUT2D eigenvalue weighted by molar-refractivity contribution is 6.32. The Morgan fingerprint density at radius 1 is 0.957 bits per heavy atom. The molecule has 0 saturated heterocycles. The summed E-state index contributed by atoms with van der Waals surface area (Å²) in [6, 6.07) is 14.5. The molecule has 5 heteroatoms. The number of ether oxygens (including phenoxy) is 3. The summed E-state index contributed by atoms with van der Waals surface area (Å²) < 4.78 is 16.3. The van der Waals surface area contributed by atoms with Crippen molar-refractivity contribution in [3.8, 4) is 23.3 Å². The van der Waals surface area contributed by atoms with E-state index in [0.717, 1.165) is 24.3 Å².